The molecule has 0 aromatic rings. The van der Waals surface area contributed by atoms with Crippen molar-refractivity contribution in [1.29, 1.82) is 0 Å². The van der Waals surface area contributed by atoms with Crippen LogP contribution in [0.5, 0.6) is 0 Å². The molecule has 0 amide bonds. The van der Waals surface area contributed by atoms with Crippen molar-refractivity contribution in [3.63, 3.8) is 0 Å². The third kappa shape index (κ3) is 9.46. The lowest BCUT2D eigenvalue weighted by molar-refractivity contribution is -0.314. The van der Waals surface area contributed by atoms with Gasteiger partial charge in [-0.3, -0.25) is 4.79 Å². The number of ketones is 1. The van der Waals surface area contributed by atoms with Gasteiger partial charge in [0.1, 0.15) is 5.78 Å². The lowest BCUT2D eigenvalue weighted by atomic mass is 10.1. The zero-order valence-electron chi connectivity index (χ0n) is 7.99. The molecule has 0 radical (unpaired) electrons. The van der Waals surface area contributed by atoms with Gasteiger partial charge < -0.3 is 15.3 Å². The van der Waals surface area contributed by atoms with Gasteiger partial charge >= 0.3 is 0 Å². The van der Waals surface area contributed by atoms with Gasteiger partial charge in [0, 0.05) is 19.3 Å². The van der Waals surface area contributed by atoms with Crippen molar-refractivity contribution in [2.24, 2.45) is 0 Å². The van der Waals surface area contributed by atoms with Crippen molar-refractivity contribution in [1.82, 2.24) is 0 Å². The summed E-state index contributed by atoms with van der Waals surface area (Å²) in [5.41, 5.74) is 0. The van der Waals surface area contributed by atoms with E-state index in [0.717, 1.165) is 12.8 Å². The molecular weight excluding hydrogens is 172 g/mol. The van der Waals surface area contributed by atoms with Crippen LogP contribution < -0.4 is 0 Å². The minimum atomic E-state index is -2.62. The highest BCUT2D eigenvalue weighted by molar-refractivity contribution is 5.78. The number of aliphatic hydroxyl groups is 3. The monoisotopic (exact) mass is 190 g/mol. The Kier molecular flexibility index (Phi) is 5.86. The lowest BCUT2D eigenvalue weighted by Gasteiger charge is -2.12. The normalized spacial score (nSPS) is 11.7. The molecule has 0 fully saturated rings. The predicted octanol–water partition coefficient (Wildman–Crippen LogP) is 0.547. The molecule has 0 heterocycles. The largest absolute Gasteiger partial charge is 0.344 e. The number of hydrogen-bond acceptors (Lipinski definition) is 4. The highest BCUT2D eigenvalue weighted by atomic mass is 16.7. The summed E-state index contributed by atoms with van der Waals surface area (Å²) < 4.78 is 0. The molecule has 0 unspecified atom stereocenters. The van der Waals surface area contributed by atoms with Crippen LogP contribution in [0.25, 0.3) is 0 Å². The molecule has 0 saturated heterocycles. The molecule has 13 heavy (non-hydrogen) atoms. The molecule has 0 aliphatic carbocycles. The molecule has 0 bridgehead atoms. The second-order valence-electron chi connectivity index (χ2n) is 3.27. The first-order valence-corrected chi connectivity index (χ1v) is 4.64. The Balaban J connectivity index is 3.37. The zero-order valence-corrected chi connectivity index (χ0v) is 7.99. The van der Waals surface area contributed by atoms with Crippen molar-refractivity contribution < 1.29 is 20.1 Å². The van der Waals surface area contributed by atoms with Crippen LogP contribution in [0, 0.1) is 0 Å². The molecule has 4 heteroatoms. The number of carbonyl (C=O) groups is 1. The first-order valence-electron chi connectivity index (χ1n) is 4.64. The number of Topliss-reactive ketones (excluding diaryl/α,β-unsaturated/α-hetero) is 1. The van der Waals surface area contributed by atoms with E-state index >= 15 is 0 Å². The summed E-state index contributed by atoms with van der Waals surface area (Å²) in [5.74, 6) is -2.50. The maximum Gasteiger partial charge on any atom is 0.275 e. The third-order valence-electron chi connectivity index (χ3n) is 1.78. The average Bonchev–Trinajstić information content (AvgIpc) is 1.98. The summed E-state index contributed by atoms with van der Waals surface area (Å²) in [5, 5.41) is 25.5. The molecule has 4 nitrogen and oxygen atoms in total. The minimum Gasteiger partial charge on any atom is -0.344 e. The molecule has 0 atom stereocenters. The van der Waals surface area contributed by atoms with Gasteiger partial charge in [-0.15, -0.1) is 0 Å². The van der Waals surface area contributed by atoms with Crippen LogP contribution in [-0.2, 0) is 4.79 Å². The molecule has 78 valence electrons. The fourth-order valence-electron chi connectivity index (χ4n) is 1.02. The Morgan fingerprint density at radius 2 is 1.69 bits per heavy atom. The highest BCUT2D eigenvalue weighted by Crippen LogP contribution is 2.09. The van der Waals surface area contributed by atoms with Gasteiger partial charge in [0.05, 0.1) is 0 Å². The minimum absolute atomic E-state index is 0.117. The van der Waals surface area contributed by atoms with E-state index in [4.69, 9.17) is 15.3 Å². The molecule has 0 saturated carbocycles. The van der Waals surface area contributed by atoms with E-state index in [-0.39, 0.29) is 12.2 Å². The summed E-state index contributed by atoms with van der Waals surface area (Å²) in [7, 11) is 0. The van der Waals surface area contributed by atoms with E-state index in [0.29, 0.717) is 19.3 Å². The molecule has 0 aliphatic rings. The number of rotatable bonds is 7. The van der Waals surface area contributed by atoms with Gasteiger partial charge in [0.15, 0.2) is 0 Å². The van der Waals surface area contributed by atoms with Crippen LogP contribution in [0.3, 0.4) is 0 Å². The zero-order chi connectivity index (χ0) is 10.3. The van der Waals surface area contributed by atoms with Crippen LogP contribution in [0.4, 0.5) is 0 Å². The average molecular weight is 190 g/mol. The van der Waals surface area contributed by atoms with Crippen molar-refractivity contribution in [3.05, 3.63) is 0 Å². The summed E-state index contributed by atoms with van der Waals surface area (Å²) >= 11 is 0. The predicted molar refractivity (Wildman–Crippen MR) is 47.8 cm³/mol. The van der Waals surface area contributed by atoms with Gasteiger partial charge in [0.25, 0.3) is 5.97 Å². The van der Waals surface area contributed by atoms with Crippen LogP contribution in [0.1, 0.15) is 45.4 Å². The van der Waals surface area contributed by atoms with Crippen molar-refractivity contribution in [2.45, 2.75) is 51.4 Å². The van der Waals surface area contributed by atoms with Crippen LogP contribution in [0.15, 0.2) is 0 Å². The number of carbonyl (C=O) groups excluding carboxylic acids is 1. The number of unbranched alkanes of at least 4 members (excludes halogenated alkanes) is 1. The van der Waals surface area contributed by atoms with Crippen LogP contribution in [0.2, 0.25) is 0 Å². The quantitative estimate of drug-likeness (QED) is 0.512. The smallest absolute Gasteiger partial charge is 0.275 e. The molecule has 0 aromatic heterocycles. The third-order valence-corrected chi connectivity index (χ3v) is 1.78. The maximum absolute atomic E-state index is 11.0. The fraction of sp³-hybridized carbons (Fsp3) is 0.889. The van der Waals surface area contributed by atoms with E-state index < -0.39 is 5.97 Å². The van der Waals surface area contributed by atoms with Crippen LogP contribution in [-0.4, -0.2) is 27.1 Å². The highest BCUT2D eigenvalue weighted by Gasteiger charge is 2.17. The molecule has 0 rings (SSSR count). The van der Waals surface area contributed by atoms with E-state index in [1.807, 2.05) is 6.92 Å². The SMILES string of the molecule is CCCCC(=O)CCCC(O)(O)O. The molecule has 0 aliphatic heterocycles. The van der Waals surface area contributed by atoms with E-state index in [2.05, 4.69) is 0 Å². The van der Waals surface area contributed by atoms with E-state index in [1.165, 1.54) is 0 Å². The van der Waals surface area contributed by atoms with Crippen molar-refractivity contribution >= 4 is 5.78 Å². The molecule has 0 aromatic carbocycles. The summed E-state index contributed by atoms with van der Waals surface area (Å²) in [6.07, 6.45) is 2.85. The first kappa shape index (κ1) is 12.6. The molecule has 0 spiro atoms. The second kappa shape index (κ2) is 6.07. The number of hydrogen-bond donors (Lipinski definition) is 3. The standard InChI is InChI=1S/C9H18O4/c1-2-3-5-8(10)6-4-7-9(11,12)13/h11-13H,2-7H2,1H3. The Hall–Kier alpha value is -0.450. The van der Waals surface area contributed by atoms with E-state index in [9.17, 15) is 4.79 Å². The second-order valence-corrected chi connectivity index (χ2v) is 3.27. The Bertz CT molecular complexity index is 148. The van der Waals surface area contributed by atoms with Gasteiger partial charge in [0.2, 0.25) is 0 Å². The van der Waals surface area contributed by atoms with Gasteiger partial charge in [-0.05, 0) is 12.8 Å². The summed E-state index contributed by atoms with van der Waals surface area (Å²) in [6, 6.07) is 0. The van der Waals surface area contributed by atoms with Gasteiger partial charge in [-0.25, -0.2) is 0 Å². The molecule has 3 N–H and O–H groups in total. The summed E-state index contributed by atoms with van der Waals surface area (Å²) in [4.78, 5) is 11.0. The van der Waals surface area contributed by atoms with E-state index in [1.54, 1.807) is 0 Å². The Morgan fingerprint density at radius 1 is 1.15 bits per heavy atom. The summed E-state index contributed by atoms with van der Waals surface area (Å²) in [6.45, 7) is 2.01. The Labute approximate surface area is 78.2 Å². The molecular formula is C9H18O4. The maximum atomic E-state index is 11.0. The first-order chi connectivity index (χ1) is 5.95. The lowest BCUT2D eigenvalue weighted by Crippen LogP contribution is -2.26. The van der Waals surface area contributed by atoms with Gasteiger partial charge in [-0.2, -0.15) is 0 Å². The van der Waals surface area contributed by atoms with Crippen LogP contribution >= 0.6 is 0 Å². The Morgan fingerprint density at radius 3 is 2.15 bits per heavy atom. The fourth-order valence-corrected chi connectivity index (χ4v) is 1.02. The van der Waals surface area contributed by atoms with Crippen molar-refractivity contribution in [2.75, 3.05) is 0 Å². The topological polar surface area (TPSA) is 77.8 Å². The van der Waals surface area contributed by atoms with Crippen molar-refractivity contribution in [3.8, 4) is 0 Å². The van der Waals surface area contributed by atoms with Gasteiger partial charge in [-0.1, -0.05) is 13.3 Å².